The standard InChI is InChI=1S/C23H26N4O5S/c1-31-19-12-11-17(15-21(19)33(29,30)26-13-7-4-8-14-26)24-23(28)22-20(32-2)16-27(25-22)18-9-5-3-6-10-18/h3,5-6,9-12,15-16H,4,7-8,13-14H2,1-2H3,(H,24,28). The van der Waals surface area contributed by atoms with Crippen molar-refractivity contribution >= 4 is 21.6 Å². The van der Waals surface area contributed by atoms with Gasteiger partial charge in [0.2, 0.25) is 10.0 Å². The monoisotopic (exact) mass is 470 g/mol. The van der Waals surface area contributed by atoms with Gasteiger partial charge in [0.25, 0.3) is 5.91 Å². The van der Waals surface area contributed by atoms with E-state index in [2.05, 4.69) is 10.4 Å². The van der Waals surface area contributed by atoms with Gasteiger partial charge in [-0.15, -0.1) is 0 Å². The summed E-state index contributed by atoms with van der Waals surface area (Å²) in [6, 6.07) is 13.9. The van der Waals surface area contributed by atoms with Gasteiger partial charge in [0.1, 0.15) is 10.6 Å². The lowest BCUT2D eigenvalue weighted by Crippen LogP contribution is -2.35. The van der Waals surface area contributed by atoms with Crippen LogP contribution in [-0.4, -0.2) is 55.7 Å². The van der Waals surface area contributed by atoms with Crippen molar-refractivity contribution in [3.63, 3.8) is 0 Å². The zero-order chi connectivity index (χ0) is 23.4. The number of amides is 1. The fraction of sp³-hybridized carbons (Fsp3) is 0.304. The van der Waals surface area contributed by atoms with Crippen LogP contribution in [0.5, 0.6) is 11.5 Å². The Morgan fingerprint density at radius 1 is 0.970 bits per heavy atom. The molecule has 0 atom stereocenters. The van der Waals surface area contributed by atoms with E-state index in [1.165, 1.54) is 30.7 Å². The third kappa shape index (κ3) is 4.71. The number of hydrogen-bond acceptors (Lipinski definition) is 6. The average Bonchev–Trinajstić information content (AvgIpc) is 3.30. The van der Waals surface area contributed by atoms with E-state index in [-0.39, 0.29) is 16.3 Å². The number of nitrogens with one attached hydrogen (secondary N) is 1. The number of para-hydroxylation sites is 1. The van der Waals surface area contributed by atoms with Crippen LogP contribution in [0.2, 0.25) is 0 Å². The number of ether oxygens (including phenoxy) is 2. The van der Waals surface area contributed by atoms with E-state index in [4.69, 9.17) is 9.47 Å². The fourth-order valence-corrected chi connectivity index (χ4v) is 5.47. The lowest BCUT2D eigenvalue weighted by molar-refractivity contribution is 0.101. The second-order valence-electron chi connectivity index (χ2n) is 7.61. The van der Waals surface area contributed by atoms with Crippen LogP contribution in [0.15, 0.2) is 59.6 Å². The van der Waals surface area contributed by atoms with Gasteiger partial charge in [-0.3, -0.25) is 4.79 Å². The van der Waals surface area contributed by atoms with E-state index in [9.17, 15) is 13.2 Å². The van der Waals surface area contributed by atoms with E-state index in [0.717, 1.165) is 24.9 Å². The Hall–Kier alpha value is -3.37. The third-order valence-electron chi connectivity index (χ3n) is 5.49. The second-order valence-corrected chi connectivity index (χ2v) is 9.52. The van der Waals surface area contributed by atoms with Crippen LogP contribution in [0.1, 0.15) is 29.8 Å². The Kier molecular flexibility index (Phi) is 6.66. The normalized spacial score (nSPS) is 14.6. The van der Waals surface area contributed by atoms with Crippen molar-refractivity contribution in [2.24, 2.45) is 0 Å². The summed E-state index contributed by atoms with van der Waals surface area (Å²) in [6.07, 6.45) is 4.27. The predicted octanol–water partition coefficient (Wildman–Crippen LogP) is 3.32. The molecule has 0 saturated carbocycles. The number of carbonyl (C=O) groups is 1. The maximum Gasteiger partial charge on any atom is 0.280 e. The first kappa shape index (κ1) is 22.8. The summed E-state index contributed by atoms with van der Waals surface area (Å²) in [5.74, 6) is 0.00329. The topological polar surface area (TPSA) is 103 Å². The predicted molar refractivity (Wildman–Crippen MR) is 124 cm³/mol. The van der Waals surface area contributed by atoms with Crippen molar-refractivity contribution in [2.45, 2.75) is 24.2 Å². The number of carbonyl (C=O) groups excluding carboxylic acids is 1. The number of nitrogens with zero attached hydrogens (tertiary/aromatic N) is 3. The second kappa shape index (κ2) is 9.63. The van der Waals surface area contributed by atoms with Crippen LogP contribution in [-0.2, 0) is 10.0 Å². The van der Waals surface area contributed by atoms with Crippen molar-refractivity contribution < 1.29 is 22.7 Å². The molecule has 9 nitrogen and oxygen atoms in total. The van der Waals surface area contributed by atoms with Gasteiger partial charge in [-0.2, -0.15) is 9.40 Å². The number of anilines is 1. The first-order valence-electron chi connectivity index (χ1n) is 10.6. The number of benzene rings is 2. The van der Waals surface area contributed by atoms with Crippen LogP contribution in [0.3, 0.4) is 0 Å². The highest BCUT2D eigenvalue weighted by Crippen LogP contribution is 2.31. The van der Waals surface area contributed by atoms with E-state index in [0.29, 0.717) is 24.5 Å². The minimum atomic E-state index is -3.76. The minimum Gasteiger partial charge on any atom is -0.495 e. The maximum atomic E-state index is 13.2. The molecular weight excluding hydrogens is 444 g/mol. The molecule has 3 aromatic rings. The van der Waals surface area contributed by atoms with Gasteiger partial charge in [0.05, 0.1) is 26.1 Å². The van der Waals surface area contributed by atoms with Gasteiger partial charge < -0.3 is 14.8 Å². The molecule has 1 aliphatic rings. The van der Waals surface area contributed by atoms with E-state index >= 15 is 0 Å². The van der Waals surface area contributed by atoms with Crippen LogP contribution in [0, 0.1) is 0 Å². The molecule has 0 radical (unpaired) electrons. The smallest absolute Gasteiger partial charge is 0.280 e. The van der Waals surface area contributed by atoms with Gasteiger partial charge >= 0.3 is 0 Å². The van der Waals surface area contributed by atoms with E-state index in [1.54, 1.807) is 16.9 Å². The molecule has 10 heteroatoms. The first-order chi connectivity index (χ1) is 15.9. The first-order valence-corrected chi connectivity index (χ1v) is 12.1. The number of rotatable bonds is 7. The Labute approximate surface area is 193 Å². The molecule has 4 rings (SSSR count). The molecule has 0 bridgehead atoms. The molecule has 0 unspecified atom stereocenters. The molecular formula is C23H26N4O5S. The number of hydrogen-bond donors (Lipinski definition) is 1. The molecule has 2 heterocycles. The maximum absolute atomic E-state index is 13.2. The lowest BCUT2D eigenvalue weighted by Gasteiger charge is -2.26. The zero-order valence-corrected chi connectivity index (χ0v) is 19.3. The van der Waals surface area contributed by atoms with Crippen molar-refractivity contribution in [1.29, 1.82) is 0 Å². The third-order valence-corrected chi connectivity index (χ3v) is 7.41. The Balaban J connectivity index is 1.63. The molecule has 0 spiro atoms. The van der Waals surface area contributed by atoms with Crippen molar-refractivity contribution in [3.8, 4) is 17.2 Å². The van der Waals surface area contributed by atoms with Crippen LogP contribution in [0.4, 0.5) is 5.69 Å². The SMILES string of the molecule is COc1ccc(NC(=O)c2nn(-c3ccccc3)cc2OC)cc1S(=O)(=O)N1CCCCC1. The molecule has 0 aliphatic carbocycles. The van der Waals surface area contributed by atoms with Crippen LogP contribution < -0.4 is 14.8 Å². The highest BCUT2D eigenvalue weighted by atomic mass is 32.2. The van der Waals surface area contributed by atoms with Crippen LogP contribution >= 0.6 is 0 Å². The van der Waals surface area contributed by atoms with Gasteiger partial charge in [0.15, 0.2) is 11.4 Å². The molecule has 2 aromatic carbocycles. The molecule has 1 aromatic heterocycles. The number of methoxy groups -OCH3 is 2. The van der Waals surface area contributed by atoms with E-state index in [1.807, 2.05) is 30.3 Å². The Bertz CT molecular complexity index is 1230. The summed E-state index contributed by atoms with van der Waals surface area (Å²) >= 11 is 0. The molecule has 1 fully saturated rings. The molecule has 33 heavy (non-hydrogen) atoms. The van der Waals surface area contributed by atoms with Crippen molar-refractivity contribution in [2.75, 3.05) is 32.6 Å². The van der Waals surface area contributed by atoms with Gasteiger partial charge in [0, 0.05) is 18.8 Å². The summed E-state index contributed by atoms with van der Waals surface area (Å²) < 4.78 is 40.1. The number of aromatic nitrogens is 2. The summed E-state index contributed by atoms with van der Waals surface area (Å²) in [4.78, 5) is 13.0. The molecule has 1 amide bonds. The Morgan fingerprint density at radius 2 is 1.67 bits per heavy atom. The largest absolute Gasteiger partial charge is 0.495 e. The highest BCUT2D eigenvalue weighted by molar-refractivity contribution is 7.89. The van der Waals surface area contributed by atoms with Crippen LogP contribution in [0.25, 0.3) is 5.69 Å². The minimum absolute atomic E-state index is 0.0199. The quantitative estimate of drug-likeness (QED) is 0.568. The zero-order valence-electron chi connectivity index (χ0n) is 18.5. The summed E-state index contributed by atoms with van der Waals surface area (Å²) in [5, 5.41) is 7.09. The molecule has 174 valence electrons. The molecule has 1 saturated heterocycles. The average molecular weight is 471 g/mol. The van der Waals surface area contributed by atoms with Gasteiger partial charge in [-0.1, -0.05) is 24.6 Å². The fourth-order valence-electron chi connectivity index (χ4n) is 3.77. The summed E-state index contributed by atoms with van der Waals surface area (Å²) in [5.41, 5.74) is 1.17. The number of sulfonamides is 1. The van der Waals surface area contributed by atoms with Crippen molar-refractivity contribution in [1.82, 2.24) is 14.1 Å². The van der Waals surface area contributed by atoms with E-state index < -0.39 is 15.9 Å². The lowest BCUT2D eigenvalue weighted by atomic mass is 10.2. The summed E-state index contributed by atoms with van der Waals surface area (Å²) in [7, 11) is -0.881. The summed E-state index contributed by atoms with van der Waals surface area (Å²) in [6.45, 7) is 0.937. The number of piperidine rings is 1. The molecule has 1 N–H and O–H groups in total. The Morgan fingerprint density at radius 3 is 2.33 bits per heavy atom. The highest BCUT2D eigenvalue weighted by Gasteiger charge is 2.29. The van der Waals surface area contributed by atoms with Crippen molar-refractivity contribution in [3.05, 3.63) is 60.4 Å². The van der Waals surface area contributed by atoms with Gasteiger partial charge in [-0.25, -0.2) is 13.1 Å². The van der Waals surface area contributed by atoms with Gasteiger partial charge in [-0.05, 0) is 43.2 Å². The molecule has 1 aliphatic heterocycles.